The van der Waals surface area contributed by atoms with Crippen LogP contribution < -0.4 is 16.3 Å². The molecular formula is C24H17Br2N5O4. The number of amides is 2. The Hall–Kier alpha value is -3.83. The highest BCUT2D eigenvalue weighted by atomic mass is 79.9. The maximum absolute atomic E-state index is 13.2. The summed E-state index contributed by atoms with van der Waals surface area (Å²) in [5.74, 6) is -1.14. The van der Waals surface area contributed by atoms with Crippen LogP contribution >= 0.6 is 31.9 Å². The van der Waals surface area contributed by atoms with Crippen LogP contribution in [0.4, 0.5) is 0 Å². The third-order valence-electron chi connectivity index (χ3n) is 5.00. The molecule has 4 rings (SSSR count). The van der Waals surface area contributed by atoms with Gasteiger partial charge in [-0.3, -0.25) is 14.4 Å². The number of rotatable bonds is 6. The molecule has 35 heavy (non-hydrogen) atoms. The number of aromatic amines is 1. The molecule has 11 heteroatoms. The first-order chi connectivity index (χ1) is 16.8. The fraction of sp³-hybridized carbons (Fsp3) is 0.0417. The summed E-state index contributed by atoms with van der Waals surface area (Å²) in [6.45, 7) is 0. The Labute approximate surface area is 215 Å². The van der Waals surface area contributed by atoms with E-state index in [4.69, 9.17) is 0 Å². The molecular weight excluding hydrogens is 582 g/mol. The number of halogens is 2. The highest BCUT2D eigenvalue weighted by Crippen LogP contribution is 2.32. The summed E-state index contributed by atoms with van der Waals surface area (Å²) in [4.78, 5) is 38.3. The van der Waals surface area contributed by atoms with Crippen LogP contribution in [0.1, 0.15) is 27.7 Å². The van der Waals surface area contributed by atoms with Crippen LogP contribution in [0.2, 0.25) is 0 Å². The molecule has 1 atom stereocenters. The first kappa shape index (κ1) is 24.3. The van der Waals surface area contributed by atoms with Crippen molar-refractivity contribution < 1.29 is 14.7 Å². The molecule has 2 amide bonds. The maximum Gasteiger partial charge on any atom is 0.272 e. The number of aromatic nitrogens is 2. The molecule has 0 saturated heterocycles. The Morgan fingerprint density at radius 2 is 1.63 bits per heavy atom. The maximum atomic E-state index is 13.2. The number of carbonyl (C=O) groups excluding carboxylic acids is 2. The molecule has 176 valence electrons. The Kier molecular flexibility index (Phi) is 7.37. The van der Waals surface area contributed by atoms with E-state index in [0.717, 1.165) is 0 Å². The SMILES string of the molecule is O=C(NC(C(=O)N/N=C/c1cc(Br)c(O)c(Br)c1)c1n[nH]c(=O)c2ccccc12)c1ccccc1. The Balaban J connectivity index is 1.67. The molecule has 4 N–H and O–H groups in total. The molecule has 0 fully saturated rings. The highest BCUT2D eigenvalue weighted by Gasteiger charge is 2.27. The molecule has 1 heterocycles. The van der Waals surface area contributed by atoms with Crippen LogP contribution in [0.3, 0.4) is 0 Å². The van der Waals surface area contributed by atoms with Gasteiger partial charge in [0.1, 0.15) is 11.4 Å². The predicted octanol–water partition coefficient (Wildman–Crippen LogP) is 3.78. The van der Waals surface area contributed by atoms with E-state index in [-0.39, 0.29) is 11.4 Å². The molecule has 0 saturated carbocycles. The van der Waals surface area contributed by atoms with Crippen molar-refractivity contribution in [3.63, 3.8) is 0 Å². The van der Waals surface area contributed by atoms with E-state index < -0.39 is 23.4 Å². The number of fused-ring (bicyclic) bond motifs is 1. The minimum atomic E-state index is -1.26. The van der Waals surface area contributed by atoms with E-state index in [0.29, 0.717) is 30.8 Å². The predicted molar refractivity (Wildman–Crippen MR) is 138 cm³/mol. The average molecular weight is 599 g/mol. The number of phenolic OH excluding ortho intramolecular Hbond substituents is 1. The topological polar surface area (TPSA) is 137 Å². The quantitative estimate of drug-likeness (QED) is 0.198. The van der Waals surface area contributed by atoms with Crippen molar-refractivity contribution >= 4 is 60.7 Å². The van der Waals surface area contributed by atoms with Gasteiger partial charge in [-0.15, -0.1) is 0 Å². The average Bonchev–Trinajstić information content (AvgIpc) is 2.87. The first-order valence-corrected chi connectivity index (χ1v) is 11.8. The lowest BCUT2D eigenvalue weighted by molar-refractivity contribution is -0.123. The molecule has 1 aromatic heterocycles. The van der Waals surface area contributed by atoms with Crippen LogP contribution in [0.25, 0.3) is 10.8 Å². The van der Waals surface area contributed by atoms with Gasteiger partial charge in [0.05, 0.1) is 20.5 Å². The van der Waals surface area contributed by atoms with Gasteiger partial charge in [-0.25, -0.2) is 10.5 Å². The van der Waals surface area contributed by atoms with Gasteiger partial charge in [0.2, 0.25) is 0 Å². The first-order valence-electron chi connectivity index (χ1n) is 10.2. The monoisotopic (exact) mass is 597 g/mol. The zero-order valence-electron chi connectivity index (χ0n) is 17.8. The standard InChI is InChI=1S/C24H17Br2N5O4/c25-17-10-13(11-18(26)21(17)32)12-27-30-24(35)20(28-22(33)14-6-2-1-3-7-14)19-15-8-4-5-9-16(15)23(34)31-29-19/h1-12,20,32H,(H,28,33)(H,30,35)(H,31,34)/b27-12+. The Morgan fingerprint density at radius 1 is 1.00 bits per heavy atom. The van der Waals surface area contributed by atoms with Crippen molar-refractivity contribution in [3.8, 4) is 5.75 Å². The van der Waals surface area contributed by atoms with Gasteiger partial charge in [-0.05, 0) is 67.8 Å². The second-order valence-electron chi connectivity index (χ2n) is 7.32. The third kappa shape index (κ3) is 5.47. The third-order valence-corrected chi connectivity index (χ3v) is 6.21. The van der Waals surface area contributed by atoms with Gasteiger partial charge in [0.25, 0.3) is 17.4 Å². The van der Waals surface area contributed by atoms with Crippen LogP contribution in [0.15, 0.2) is 85.6 Å². The van der Waals surface area contributed by atoms with Crippen LogP contribution in [-0.2, 0) is 4.79 Å². The van der Waals surface area contributed by atoms with Gasteiger partial charge in [-0.2, -0.15) is 10.2 Å². The summed E-state index contributed by atoms with van der Waals surface area (Å²) < 4.78 is 0.883. The number of nitrogens with zero attached hydrogens (tertiary/aromatic N) is 2. The molecule has 0 aliphatic rings. The molecule has 3 aromatic carbocycles. The van der Waals surface area contributed by atoms with E-state index in [1.54, 1.807) is 66.7 Å². The molecule has 0 spiro atoms. The number of hydrogen-bond acceptors (Lipinski definition) is 6. The van der Waals surface area contributed by atoms with Crippen molar-refractivity contribution in [2.75, 3.05) is 0 Å². The summed E-state index contributed by atoms with van der Waals surface area (Å²) in [5.41, 5.74) is 3.08. The molecule has 4 aromatic rings. The van der Waals surface area contributed by atoms with Gasteiger partial charge < -0.3 is 10.4 Å². The number of hydrogen-bond donors (Lipinski definition) is 4. The van der Waals surface area contributed by atoms with Crippen molar-refractivity contribution in [1.82, 2.24) is 20.9 Å². The number of benzene rings is 3. The Bertz CT molecular complexity index is 1480. The second-order valence-corrected chi connectivity index (χ2v) is 9.03. The van der Waals surface area contributed by atoms with Gasteiger partial charge in [0.15, 0.2) is 6.04 Å². The van der Waals surface area contributed by atoms with Crippen molar-refractivity contribution in [2.24, 2.45) is 5.10 Å². The zero-order valence-corrected chi connectivity index (χ0v) is 21.0. The van der Waals surface area contributed by atoms with Crippen LogP contribution in [0.5, 0.6) is 5.75 Å². The number of phenols is 1. The molecule has 1 unspecified atom stereocenters. The normalized spacial score (nSPS) is 11.9. The summed E-state index contributed by atoms with van der Waals surface area (Å²) in [7, 11) is 0. The largest absolute Gasteiger partial charge is 0.506 e. The Morgan fingerprint density at radius 3 is 2.31 bits per heavy atom. The van der Waals surface area contributed by atoms with E-state index in [2.05, 4.69) is 57.9 Å². The lowest BCUT2D eigenvalue weighted by Crippen LogP contribution is -2.40. The number of H-pyrrole nitrogens is 1. The zero-order chi connectivity index (χ0) is 24.9. The van der Waals surface area contributed by atoms with E-state index in [1.807, 2.05) is 0 Å². The summed E-state index contributed by atoms with van der Waals surface area (Å²) >= 11 is 6.47. The molecule has 0 aliphatic heterocycles. The second kappa shape index (κ2) is 10.6. The molecule has 0 aliphatic carbocycles. The minimum absolute atomic E-state index is 0.0332. The number of nitrogens with one attached hydrogen (secondary N) is 3. The van der Waals surface area contributed by atoms with E-state index in [1.165, 1.54) is 6.21 Å². The highest BCUT2D eigenvalue weighted by molar-refractivity contribution is 9.11. The van der Waals surface area contributed by atoms with Crippen molar-refractivity contribution in [2.45, 2.75) is 6.04 Å². The van der Waals surface area contributed by atoms with Gasteiger partial charge in [-0.1, -0.05) is 36.4 Å². The lowest BCUT2D eigenvalue weighted by Gasteiger charge is -2.18. The van der Waals surface area contributed by atoms with Crippen molar-refractivity contribution in [3.05, 3.63) is 103 Å². The number of aromatic hydroxyl groups is 1. The fourth-order valence-corrected chi connectivity index (χ4v) is 4.53. The summed E-state index contributed by atoms with van der Waals surface area (Å²) in [5, 5.41) is 23.7. The van der Waals surface area contributed by atoms with Crippen LogP contribution in [0, 0.1) is 0 Å². The van der Waals surface area contributed by atoms with Crippen molar-refractivity contribution in [1.29, 1.82) is 0 Å². The molecule has 9 nitrogen and oxygen atoms in total. The summed E-state index contributed by atoms with van der Waals surface area (Å²) in [6, 6.07) is 17.0. The smallest absolute Gasteiger partial charge is 0.272 e. The van der Waals surface area contributed by atoms with Crippen LogP contribution in [-0.4, -0.2) is 33.3 Å². The van der Waals surface area contributed by atoms with E-state index in [9.17, 15) is 19.5 Å². The summed E-state index contributed by atoms with van der Waals surface area (Å²) in [6.07, 6.45) is 1.38. The van der Waals surface area contributed by atoms with Gasteiger partial charge in [0, 0.05) is 10.9 Å². The number of carbonyl (C=O) groups is 2. The molecule has 0 radical (unpaired) electrons. The fourth-order valence-electron chi connectivity index (χ4n) is 3.31. The molecule has 0 bridgehead atoms. The number of hydrazone groups is 1. The minimum Gasteiger partial charge on any atom is -0.506 e. The van der Waals surface area contributed by atoms with E-state index >= 15 is 0 Å². The lowest BCUT2D eigenvalue weighted by atomic mass is 10.0. The van der Waals surface area contributed by atoms with Gasteiger partial charge >= 0.3 is 0 Å².